The van der Waals surface area contributed by atoms with Crippen LogP contribution in [0.4, 0.5) is 0 Å². The number of ether oxygens (including phenoxy) is 2. The SMILES string of the molecule is COc1ccc(OC(=O)C(C)(C)C)c(C2OP(=O)(O)C(O)(Cc3cccnc3)P(=O)(O)O2)c1. The molecule has 1 saturated heterocycles. The lowest BCUT2D eigenvalue weighted by Gasteiger charge is -2.41. The van der Waals surface area contributed by atoms with Gasteiger partial charge in [0.1, 0.15) is 11.5 Å². The lowest BCUT2D eigenvalue weighted by molar-refractivity contribution is -0.143. The molecule has 2 atom stereocenters. The van der Waals surface area contributed by atoms with Gasteiger partial charge in [-0.15, -0.1) is 0 Å². The highest BCUT2D eigenvalue weighted by Crippen LogP contribution is 2.79. The van der Waals surface area contributed by atoms with Crippen LogP contribution in [0.1, 0.15) is 38.2 Å². The van der Waals surface area contributed by atoms with Crippen molar-refractivity contribution in [3.63, 3.8) is 0 Å². The molecule has 0 aliphatic carbocycles. The zero-order chi connectivity index (χ0) is 24.7. The first-order valence-corrected chi connectivity index (χ1v) is 12.9. The number of hydrogen-bond donors (Lipinski definition) is 3. The predicted octanol–water partition coefficient (Wildman–Crippen LogP) is 3.35. The van der Waals surface area contributed by atoms with Gasteiger partial charge in [0.2, 0.25) is 6.29 Å². The van der Waals surface area contributed by atoms with Gasteiger partial charge in [0.15, 0.2) is 0 Å². The summed E-state index contributed by atoms with van der Waals surface area (Å²) in [5.41, 5.74) is -0.845. The highest BCUT2D eigenvalue weighted by molar-refractivity contribution is 7.73. The zero-order valence-electron chi connectivity index (χ0n) is 18.4. The van der Waals surface area contributed by atoms with Crippen LogP contribution >= 0.6 is 15.2 Å². The van der Waals surface area contributed by atoms with Crippen LogP contribution in [-0.4, -0.2) is 38.0 Å². The Labute approximate surface area is 190 Å². The summed E-state index contributed by atoms with van der Waals surface area (Å²) in [5.74, 6) is -0.555. The number of esters is 1. The van der Waals surface area contributed by atoms with Crippen LogP contribution in [0.3, 0.4) is 0 Å². The number of nitrogens with zero attached hydrogens (tertiary/aromatic N) is 1. The summed E-state index contributed by atoms with van der Waals surface area (Å²) < 4.78 is 46.9. The lowest BCUT2D eigenvalue weighted by Crippen LogP contribution is -2.38. The first kappa shape index (κ1) is 25.5. The quantitative estimate of drug-likeness (QED) is 0.313. The number of carbonyl (C=O) groups excluding carboxylic acids is 1. The van der Waals surface area contributed by atoms with E-state index in [4.69, 9.17) is 18.5 Å². The topological polar surface area (TPSA) is 162 Å². The van der Waals surface area contributed by atoms with Crippen molar-refractivity contribution in [2.24, 2.45) is 5.41 Å². The van der Waals surface area contributed by atoms with Crippen molar-refractivity contribution >= 4 is 21.2 Å². The fourth-order valence-electron chi connectivity index (χ4n) is 2.88. The molecule has 2 aromatic rings. The molecule has 3 N–H and O–H groups in total. The maximum Gasteiger partial charge on any atom is 0.374 e. The van der Waals surface area contributed by atoms with Crippen LogP contribution in [0.2, 0.25) is 0 Å². The molecule has 13 heteroatoms. The standard InChI is InChI=1S/C20H25NO10P2/c1-19(2,3)18(22)29-16-8-7-14(28-4)10-15(16)17-30-32(24,25)20(23,33(26,27)31-17)11-13-6-5-9-21-12-13/h5-10,12,17,23H,11H2,1-4H3,(H,24,25)(H,26,27). The summed E-state index contributed by atoms with van der Waals surface area (Å²) in [5, 5.41) is 7.70. The molecular weight excluding hydrogens is 476 g/mol. The Hall–Kier alpha value is -2.10. The summed E-state index contributed by atoms with van der Waals surface area (Å²) in [7, 11) is -9.09. The Bertz CT molecular complexity index is 1110. The third-order valence-corrected chi connectivity index (χ3v) is 9.43. The van der Waals surface area contributed by atoms with Gasteiger partial charge in [-0.05, 0) is 50.6 Å². The largest absolute Gasteiger partial charge is 0.497 e. The third kappa shape index (κ3) is 5.05. The normalized spacial score (nSPS) is 30.0. The van der Waals surface area contributed by atoms with Crippen LogP contribution in [-0.2, 0) is 29.4 Å². The second-order valence-electron chi connectivity index (χ2n) is 8.44. The number of aromatic nitrogens is 1. The molecule has 11 nitrogen and oxygen atoms in total. The van der Waals surface area contributed by atoms with Crippen molar-refractivity contribution in [3.05, 3.63) is 53.9 Å². The number of benzene rings is 1. The van der Waals surface area contributed by atoms with Gasteiger partial charge in [-0.1, -0.05) is 6.07 Å². The van der Waals surface area contributed by atoms with Gasteiger partial charge in [-0.2, -0.15) is 0 Å². The molecule has 3 rings (SSSR count). The van der Waals surface area contributed by atoms with Crippen molar-refractivity contribution in [2.45, 2.75) is 38.6 Å². The van der Waals surface area contributed by atoms with E-state index in [0.717, 1.165) is 0 Å². The molecule has 2 unspecified atom stereocenters. The number of carbonyl (C=O) groups is 1. The Kier molecular flexibility index (Phi) is 6.90. The Balaban J connectivity index is 2.02. The number of rotatable bonds is 5. The molecule has 180 valence electrons. The van der Waals surface area contributed by atoms with Crippen LogP contribution in [0.25, 0.3) is 0 Å². The minimum absolute atomic E-state index is 0.140. The van der Waals surface area contributed by atoms with Crippen molar-refractivity contribution in [1.29, 1.82) is 0 Å². The minimum atomic E-state index is -5.22. The minimum Gasteiger partial charge on any atom is -0.497 e. The van der Waals surface area contributed by atoms with Gasteiger partial charge in [-0.3, -0.25) is 28.0 Å². The van der Waals surface area contributed by atoms with Crippen LogP contribution in [0.15, 0.2) is 42.7 Å². The fraction of sp³-hybridized carbons (Fsp3) is 0.400. The van der Waals surface area contributed by atoms with E-state index >= 15 is 0 Å². The van der Waals surface area contributed by atoms with Crippen molar-refractivity contribution in [3.8, 4) is 11.5 Å². The van der Waals surface area contributed by atoms with Gasteiger partial charge in [-0.25, -0.2) is 0 Å². The smallest absolute Gasteiger partial charge is 0.374 e. The van der Waals surface area contributed by atoms with Crippen molar-refractivity contribution in [1.82, 2.24) is 4.98 Å². The molecule has 1 aliphatic rings. The molecule has 1 aromatic heterocycles. The molecule has 1 aliphatic heterocycles. The molecule has 0 saturated carbocycles. The second-order valence-corrected chi connectivity index (χ2v) is 12.8. The van der Waals surface area contributed by atoms with E-state index in [1.807, 2.05) is 0 Å². The van der Waals surface area contributed by atoms with E-state index in [-0.39, 0.29) is 22.6 Å². The average Bonchev–Trinajstić information content (AvgIpc) is 2.72. The summed E-state index contributed by atoms with van der Waals surface area (Å²) >= 11 is 0. The zero-order valence-corrected chi connectivity index (χ0v) is 20.2. The molecule has 0 bridgehead atoms. The highest BCUT2D eigenvalue weighted by Gasteiger charge is 2.67. The lowest BCUT2D eigenvalue weighted by atomic mass is 9.97. The number of hydrogen-bond acceptors (Lipinski definition) is 9. The summed E-state index contributed by atoms with van der Waals surface area (Å²) in [6, 6.07) is 6.98. The molecule has 1 fully saturated rings. The predicted molar refractivity (Wildman–Crippen MR) is 116 cm³/mol. The van der Waals surface area contributed by atoms with E-state index in [0.29, 0.717) is 0 Å². The van der Waals surface area contributed by atoms with Crippen molar-refractivity contribution in [2.75, 3.05) is 7.11 Å². The monoisotopic (exact) mass is 501 g/mol. The van der Waals surface area contributed by atoms with Gasteiger partial charge in [0.25, 0.3) is 5.08 Å². The van der Waals surface area contributed by atoms with Gasteiger partial charge in [0, 0.05) is 18.8 Å². The Morgan fingerprint density at radius 1 is 1.18 bits per heavy atom. The van der Waals surface area contributed by atoms with E-state index < -0.39 is 44.4 Å². The van der Waals surface area contributed by atoms with E-state index in [9.17, 15) is 28.8 Å². The first-order valence-electron chi connectivity index (χ1n) is 9.74. The Morgan fingerprint density at radius 2 is 1.82 bits per heavy atom. The maximum atomic E-state index is 13.0. The second kappa shape index (κ2) is 8.92. The van der Waals surface area contributed by atoms with E-state index in [1.165, 1.54) is 49.8 Å². The summed E-state index contributed by atoms with van der Waals surface area (Å²) in [6.07, 6.45) is 0.0243. The molecule has 0 spiro atoms. The molecule has 0 amide bonds. The molecule has 2 heterocycles. The van der Waals surface area contributed by atoms with Crippen LogP contribution in [0.5, 0.6) is 11.5 Å². The first-order chi connectivity index (χ1) is 15.2. The van der Waals surface area contributed by atoms with E-state index in [2.05, 4.69) is 4.98 Å². The van der Waals surface area contributed by atoms with E-state index in [1.54, 1.807) is 20.8 Å². The molecule has 0 radical (unpaired) electrons. The summed E-state index contributed by atoms with van der Waals surface area (Å²) in [6.45, 7) is 4.86. The fourth-order valence-corrected chi connectivity index (χ4v) is 6.44. The van der Waals surface area contributed by atoms with Gasteiger partial charge in [0.05, 0.1) is 18.1 Å². The summed E-state index contributed by atoms with van der Waals surface area (Å²) in [4.78, 5) is 37.3. The third-order valence-electron chi connectivity index (χ3n) is 4.83. The molecule has 33 heavy (non-hydrogen) atoms. The van der Waals surface area contributed by atoms with Crippen LogP contribution < -0.4 is 9.47 Å². The molecule has 1 aromatic carbocycles. The van der Waals surface area contributed by atoms with Gasteiger partial charge < -0.3 is 24.4 Å². The number of pyridine rings is 1. The van der Waals surface area contributed by atoms with Gasteiger partial charge >= 0.3 is 21.2 Å². The number of aliphatic hydroxyl groups is 1. The Morgan fingerprint density at radius 3 is 2.33 bits per heavy atom. The number of methoxy groups -OCH3 is 1. The van der Waals surface area contributed by atoms with Crippen LogP contribution in [0, 0.1) is 5.41 Å². The van der Waals surface area contributed by atoms with Crippen molar-refractivity contribution < 1.29 is 47.3 Å². The maximum absolute atomic E-state index is 13.0. The highest BCUT2D eigenvalue weighted by atomic mass is 31.2. The average molecular weight is 501 g/mol. The molecular formula is C20H25NO10P2.